The summed E-state index contributed by atoms with van der Waals surface area (Å²) in [6.45, 7) is 6.70. The van der Waals surface area contributed by atoms with Crippen LogP contribution in [-0.4, -0.2) is 17.9 Å². The van der Waals surface area contributed by atoms with Gasteiger partial charge in [0.2, 0.25) is 0 Å². The van der Waals surface area contributed by atoms with Crippen LogP contribution in [0.25, 0.3) is 0 Å². The average molecular weight is 463 g/mol. The van der Waals surface area contributed by atoms with Gasteiger partial charge in [0.25, 0.3) is 28.3 Å². The van der Waals surface area contributed by atoms with E-state index in [0.29, 0.717) is 0 Å². The third-order valence-electron chi connectivity index (χ3n) is 3.05. The second-order valence-corrected chi connectivity index (χ2v) is 8.65. The van der Waals surface area contributed by atoms with Crippen molar-refractivity contribution in [3.8, 4) is 0 Å². The Morgan fingerprint density at radius 1 is 1.00 bits per heavy atom. The van der Waals surface area contributed by atoms with Crippen LogP contribution in [0.2, 0.25) is 0 Å². The number of nitro benzene ring substituents is 1. The molecule has 0 saturated carbocycles. The lowest BCUT2D eigenvalue weighted by molar-refractivity contribution is -0.387. The van der Waals surface area contributed by atoms with Crippen molar-refractivity contribution in [1.82, 2.24) is 0 Å². The van der Waals surface area contributed by atoms with E-state index >= 15 is 0 Å². The molecule has 2 rings (SSSR count). The van der Waals surface area contributed by atoms with Gasteiger partial charge in [0.05, 0.1) is 4.92 Å². The Balaban J connectivity index is 0.000000243. The third-order valence-corrected chi connectivity index (χ3v) is 4.71. The highest BCUT2D eigenvalue weighted by atomic mass is 127. The second kappa shape index (κ2) is 8.04. The summed E-state index contributed by atoms with van der Waals surface area (Å²) >= 11 is 2.05. The van der Waals surface area contributed by atoms with E-state index in [-0.39, 0.29) is 5.41 Å². The highest BCUT2D eigenvalue weighted by Gasteiger charge is 2.16. The molecule has 2 aromatic carbocycles. The summed E-state index contributed by atoms with van der Waals surface area (Å²) in [6.07, 6.45) is 0. The first-order valence-corrected chi connectivity index (χ1v) is 9.47. The van der Waals surface area contributed by atoms with E-state index in [1.807, 2.05) is 22.6 Å². The van der Waals surface area contributed by atoms with Crippen molar-refractivity contribution in [3.63, 3.8) is 0 Å². The largest absolute Gasteiger partial charge is 0.744 e. The fourth-order valence-corrected chi connectivity index (χ4v) is 2.81. The van der Waals surface area contributed by atoms with Crippen molar-refractivity contribution in [2.75, 3.05) is 0 Å². The first-order valence-electron chi connectivity index (χ1n) is 6.90. The molecular formula is C16H18INO5S. The summed E-state index contributed by atoms with van der Waals surface area (Å²) < 4.78 is 32.8. The highest BCUT2D eigenvalue weighted by molar-refractivity contribution is 7.85. The van der Waals surface area contributed by atoms with Gasteiger partial charge in [-0.2, -0.15) is 0 Å². The molecule has 0 aromatic heterocycles. The second-order valence-electron chi connectivity index (χ2n) is 5.95. The zero-order valence-electron chi connectivity index (χ0n) is 13.4. The van der Waals surface area contributed by atoms with Crippen LogP contribution in [0, 0.1) is 13.7 Å². The van der Waals surface area contributed by atoms with Gasteiger partial charge in [0.15, 0.2) is 3.57 Å². The molecule has 0 radical (unpaired) electrons. The molecule has 0 unspecified atom stereocenters. The van der Waals surface area contributed by atoms with Crippen LogP contribution in [0.5, 0.6) is 0 Å². The van der Waals surface area contributed by atoms with Gasteiger partial charge >= 0.3 is 0 Å². The van der Waals surface area contributed by atoms with E-state index in [1.54, 1.807) is 0 Å². The molecule has 24 heavy (non-hydrogen) atoms. The lowest BCUT2D eigenvalue weighted by Gasteiger charge is -2.17. The molecule has 0 aliphatic heterocycles. The minimum atomic E-state index is -4.77. The molecule has 130 valence electrons. The minimum absolute atomic E-state index is 0.287. The number of rotatable bonds is 2. The maximum atomic E-state index is 10.5. The smallest absolute Gasteiger partial charge is 0.296 e. The molecule has 6 nitrogen and oxygen atoms in total. The van der Waals surface area contributed by atoms with E-state index in [9.17, 15) is 23.1 Å². The Hall–Kier alpha value is -1.52. The van der Waals surface area contributed by atoms with E-state index in [0.717, 1.165) is 12.1 Å². The quantitative estimate of drug-likeness (QED) is 0.269. The molecule has 0 fully saturated rings. The standard InChI is InChI=1S/C10H14I.C6H5NO5S/c1-10(2,3)8-4-6-9(11)7-5-8;8-7(9)5-3-1-2-4-6(5)13(10,11)12/h4-7,11H,1-3H3;1-4H,(H,10,11,12)/q+1;/p-1. The number of nitro groups is 1. The van der Waals surface area contributed by atoms with Crippen molar-refractivity contribution in [2.45, 2.75) is 31.1 Å². The molecule has 0 N–H and O–H groups in total. The van der Waals surface area contributed by atoms with Crippen molar-refractivity contribution >= 4 is 15.8 Å². The molecule has 0 heterocycles. The van der Waals surface area contributed by atoms with Crippen molar-refractivity contribution in [3.05, 3.63) is 67.8 Å². The topological polar surface area (TPSA) is 100 Å². The molecule has 0 aliphatic carbocycles. The number of nitrogens with zero attached hydrogens (tertiary/aromatic N) is 1. The molecule has 0 amide bonds. The van der Waals surface area contributed by atoms with Gasteiger partial charge in [0, 0.05) is 6.07 Å². The Morgan fingerprint density at radius 3 is 1.88 bits per heavy atom. The minimum Gasteiger partial charge on any atom is -0.744 e. The maximum absolute atomic E-state index is 10.5. The van der Waals surface area contributed by atoms with Crippen LogP contribution in [0.4, 0.5) is 5.69 Å². The number of hydrogen-bond acceptors (Lipinski definition) is 5. The molecule has 0 aliphatic rings. The highest BCUT2D eigenvalue weighted by Crippen LogP contribution is 2.22. The lowest BCUT2D eigenvalue weighted by Crippen LogP contribution is -3.34. The number of para-hydroxylation sites is 1. The van der Waals surface area contributed by atoms with Gasteiger partial charge in [-0.15, -0.1) is 0 Å². The first-order chi connectivity index (χ1) is 10.9. The summed E-state index contributed by atoms with van der Waals surface area (Å²) in [7, 11) is -4.77. The fraction of sp³-hybridized carbons (Fsp3) is 0.250. The predicted octanol–water partition coefficient (Wildman–Crippen LogP) is -0.0618. The Bertz CT molecular complexity index is 811. The van der Waals surface area contributed by atoms with Crippen LogP contribution in [0.1, 0.15) is 26.3 Å². The average Bonchev–Trinajstić information content (AvgIpc) is 2.46. The SMILES string of the molecule is CC(C)(C)c1ccc([IH+])cc1.O=[N+]([O-])c1ccccc1S(=O)(=O)[O-]. The monoisotopic (exact) mass is 463 g/mol. The Morgan fingerprint density at radius 2 is 1.50 bits per heavy atom. The van der Waals surface area contributed by atoms with Crippen LogP contribution in [-0.2, 0) is 15.5 Å². The van der Waals surface area contributed by atoms with E-state index < -0.39 is 25.6 Å². The summed E-state index contributed by atoms with van der Waals surface area (Å²) in [4.78, 5) is 8.55. The summed E-state index contributed by atoms with van der Waals surface area (Å²) in [5.41, 5.74) is 0.997. The van der Waals surface area contributed by atoms with Crippen LogP contribution >= 0.6 is 0 Å². The molecule has 0 atom stereocenters. The summed E-state index contributed by atoms with van der Waals surface area (Å²) in [5, 5.41) is 10.3. The van der Waals surface area contributed by atoms with E-state index in [2.05, 4.69) is 45.0 Å². The molecule has 0 spiro atoms. The maximum Gasteiger partial charge on any atom is 0.296 e. The lowest BCUT2D eigenvalue weighted by atomic mass is 9.87. The first kappa shape index (κ1) is 20.5. The van der Waals surface area contributed by atoms with Gasteiger partial charge < -0.3 is 4.55 Å². The molecular weight excluding hydrogens is 445 g/mol. The number of benzene rings is 2. The zero-order chi connectivity index (χ0) is 18.5. The normalized spacial score (nSPS) is 11.4. The van der Waals surface area contributed by atoms with Gasteiger partial charge in [-0.3, -0.25) is 10.1 Å². The van der Waals surface area contributed by atoms with Gasteiger partial charge in [-0.05, 0) is 29.2 Å². The van der Waals surface area contributed by atoms with Crippen LogP contribution < -0.4 is 22.6 Å². The number of hydrogen-bond donors (Lipinski definition) is 0. The molecule has 8 heteroatoms. The zero-order valence-corrected chi connectivity index (χ0v) is 16.6. The number of halogens is 1. The van der Waals surface area contributed by atoms with Crippen molar-refractivity contribution in [2.24, 2.45) is 0 Å². The Labute approximate surface area is 154 Å². The third kappa shape index (κ3) is 6.17. The van der Waals surface area contributed by atoms with Crippen LogP contribution in [0.3, 0.4) is 0 Å². The summed E-state index contributed by atoms with van der Waals surface area (Å²) in [5.74, 6) is 0. The molecule has 0 bridgehead atoms. The van der Waals surface area contributed by atoms with Crippen molar-refractivity contribution < 1.29 is 40.5 Å². The Kier molecular flexibility index (Phi) is 6.87. The van der Waals surface area contributed by atoms with E-state index in [1.165, 1.54) is 21.3 Å². The molecule has 2 aromatic rings. The van der Waals surface area contributed by atoms with Crippen molar-refractivity contribution in [1.29, 1.82) is 0 Å². The van der Waals surface area contributed by atoms with Crippen LogP contribution in [0.15, 0.2) is 53.4 Å². The van der Waals surface area contributed by atoms with E-state index in [4.69, 9.17) is 0 Å². The van der Waals surface area contributed by atoms with Gasteiger partial charge in [-0.1, -0.05) is 45.0 Å². The van der Waals surface area contributed by atoms with Gasteiger partial charge in [0.1, 0.15) is 15.0 Å². The molecule has 0 saturated heterocycles. The summed E-state index contributed by atoms with van der Waals surface area (Å²) in [6, 6.07) is 13.2. The predicted molar refractivity (Wildman–Crippen MR) is 86.3 cm³/mol. The fourth-order valence-electron chi connectivity index (χ4n) is 1.77. The van der Waals surface area contributed by atoms with Gasteiger partial charge in [-0.25, -0.2) is 8.42 Å².